The number of nitrogens with one attached hydrogen (secondary N) is 1. The third kappa shape index (κ3) is 3.10. The number of nitrogens with zero attached hydrogens (tertiary/aromatic N) is 1. The number of rotatable bonds is 4. The molecule has 0 radical (unpaired) electrons. The second kappa shape index (κ2) is 6.38. The van der Waals surface area contributed by atoms with Crippen LogP contribution in [0.1, 0.15) is 18.4 Å². The second-order valence-corrected chi connectivity index (χ2v) is 5.98. The van der Waals surface area contributed by atoms with Gasteiger partial charge < -0.3 is 10.1 Å². The van der Waals surface area contributed by atoms with Crippen molar-refractivity contribution in [2.75, 3.05) is 26.7 Å². The lowest BCUT2D eigenvalue weighted by molar-refractivity contribution is -0.0635. The topological polar surface area (TPSA) is 24.5 Å². The van der Waals surface area contributed by atoms with Crippen molar-refractivity contribution in [2.24, 2.45) is 0 Å². The Bertz CT molecular complexity index is 497. The van der Waals surface area contributed by atoms with Crippen LogP contribution in [0.3, 0.4) is 0 Å². The summed E-state index contributed by atoms with van der Waals surface area (Å²) in [6.45, 7) is 2.73. The normalized spacial score (nSPS) is 27.6. The number of likely N-dealkylation sites (N-methyl/N-ethyl adjacent to an activating group) is 1. The molecule has 21 heavy (non-hydrogen) atoms. The van der Waals surface area contributed by atoms with E-state index in [0.29, 0.717) is 18.0 Å². The third-order valence-corrected chi connectivity index (χ3v) is 4.71. The minimum atomic E-state index is -0.786. The van der Waals surface area contributed by atoms with E-state index in [1.54, 1.807) is 12.1 Å². The Labute approximate surface area is 124 Å². The first kappa shape index (κ1) is 14.9. The maximum absolute atomic E-state index is 13.8. The summed E-state index contributed by atoms with van der Waals surface area (Å²) in [4.78, 5) is 2.46. The fraction of sp³-hybridized carbons (Fsp3) is 0.625. The van der Waals surface area contributed by atoms with E-state index in [9.17, 15) is 8.78 Å². The van der Waals surface area contributed by atoms with E-state index >= 15 is 0 Å². The molecule has 0 aromatic heterocycles. The maximum Gasteiger partial charge on any atom is 0.162 e. The molecule has 0 spiro atoms. The van der Waals surface area contributed by atoms with Gasteiger partial charge in [0.1, 0.15) is 0 Å². The summed E-state index contributed by atoms with van der Waals surface area (Å²) in [5.41, 5.74) is 0.404. The first-order chi connectivity index (χ1) is 10.2. The fourth-order valence-electron chi connectivity index (χ4n) is 3.45. The first-order valence-corrected chi connectivity index (χ1v) is 7.65. The van der Waals surface area contributed by atoms with Crippen LogP contribution in [0.25, 0.3) is 0 Å². The predicted octanol–water partition coefficient (Wildman–Crippen LogP) is 1.96. The molecule has 1 N–H and O–H groups in total. The molecule has 0 aliphatic carbocycles. The van der Waals surface area contributed by atoms with Crippen molar-refractivity contribution >= 4 is 0 Å². The molecular formula is C16H22F2N2O. The van der Waals surface area contributed by atoms with E-state index in [0.717, 1.165) is 25.8 Å². The van der Waals surface area contributed by atoms with Crippen LogP contribution in [-0.2, 0) is 11.2 Å². The summed E-state index contributed by atoms with van der Waals surface area (Å²) in [5, 5.41) is 3.21. The van der Waals surface area contributed by atoms with Gasteiger partial charge in [-0.2, -0.15) is 0 Å². The Balaban J connectivity index is 1.69. The summed E-state index contributed by atoms with van der Waals surface area (Å²) < 4.78 is 33.1. The molecule has 0 saturated carbocycles. The number of halogens is 2. The first-order valence-electron chi connectivity index (χ1n) is 7.65. The Kier molecular flexibility index (Phi) is 4.52. The SMILES string of the molecule is CNC(Cc1cccc(F)c1F)C1CN2CCCC2CO1. The highest BCUT2D eigenvalue weighted by molar-refractivity contribution is 5.20. The van der Waals surface area contributed by atoms with E-state index in [4.69, 9.17) is 4.74 Å². The van der Waals surface area contributed by atoms with Crippen molar-refractivity contribution < 1.29 is 13.5 Å². The molecule has 0 bridgehead atoms. The molecule has 2 aliphatic heterocycles. The predicted molar refractivity (Wildman–Crippen MR) is 77.2 cm³/mol. The molecule has 1 aromatic rings. The van der Waals surface area contributed by atoms with Crippen LogP contribution < -0.4 is 5.32 Å². The van der Waals surface area contributed by atoms with Gasteiger partial charge in [-0.3, -0.25) is 4.90 Å². The van der Waals surface area contributed by atoms with Gasteiger partial charge in [-0.1, -0.05) is 12.1 Å². The Morgan fingerprint density at radius 1 is 1.43 bits per heavy atom. The Morgan fingerprint density at radius 3 is 3.10 bits per heavy atom. The summed E-state index contributed by atoms with van der Waals surface area (Å²) >= 11 is 0. The molecule has 2 saturated heterocycles. The second-order valence-electron chi connectivity index (χ2n) is 5.98. The lowest BCUT2D eigenvalue weighted by Gasteiger charge is -2.39. The number of hydrogen-bond donors (Lipinski definition) is 1. The lowest BCUT2D eigenvalue weighted by Crippen LogP contribution is -2.54. The van der Waals surface area contributed by atoms with Crippen LogP contribution in [0.4, 0.5) is 8.78 Å². The van der Waals surface area contributed by atoms with Gasteiger partial charge in [0.25, 0.3) is 0 Å². The standard InChI is InChI=1S/C16H22F2N2O/c1-19-14(8-11-4-2-6-13(17)16(11)18)15-9-20-7-3-5-12(20)10-21-15/h2,4,6,12,14-15,19H,3,5,7-10H2,1H3. The van der Waals surface area contributed by atoms with Crippen LogP contribution in [0, 0.1) is 11.6 Å². The van der Waals surface area contributed by atoms with Crippen molar-refractivity contribution in [2.45, 2.75) is 37.5 Å². The molecule has 2 fully saturated rings. The zero-order chi connectivity index (χ0) is 14.8. The average molecular weight is 296 g/mol. The van der Waals surface area contributed by atoms with E-state index < -0.39 is 11.6 Å². The van der Waals surface area contributed by atoms with E-state index in [1.165, 1.54) is 12.8 Å². The van der Waals surface area contributed by atoms with Gasteiger partial charge in [0.15, 0.2) is 11.6 Å². The van der Waals surface area contributed by atoms with Crippen LogP contribution in [0.15, 0.2) is 18.2 Å². The van der Waals surface area contributed by atoms with Crippen molar-refractivity contribution in [1.29, 1.82) is 0 Å². The largest absolute Gasteiger partial charge is 0.374 e. The summed E-state index contributed by atoms with van der Waals surface area (Å²) in [6, 6.07) is 4.88. The van der Waals surface area contributed by atoms with E-state index in [1.807, 2.05) is 7.05 Å². The maximum atomic E-state index is 13.8. The highest BCUT2D eigenvalue weighted by Crippen LogP contribution is 2.25. The van der Waals surface area contributed by atoms with E-state index in [-0.39, 0.29) is 12.1 Å². The molecule has 2 aliphatic rings. The van der Waals surface area contributed by atoms with Crippen molar-refractivity contribution in [3.05, 3.63) is 35.4 Å². The molecule has 0 amide bonds. The third-order valence-electron chi connectivity index (χ3n) is 4.71. The molecule has 1 aromatic carbocycles. The fourth-order valence-corrected chi connectivity index (χ4v) is 3.45. The minimum Gasteiger partial charge on any atom is -0.374 e. The summed E-state index contributed by atoms with van der Waals surface area (Å²) in [5.74, 6) is -1.53. The van der Waals surface area contributed by atoms with Gasteiger partial charge >= 0.3 is 0 Å². The molecule has 116 valence electrons. The van der Waals surface area contributed by atoms with Gasteiger partial charge in [-0.05, 0) is 44.5 Å². The Hall–Kier alpha value is -1.04. The minimum absolute atomic E-state index is 0.0112. The van der Waals surface area contributed by atoms with Gasteiger partial charge in [0, 0.05) is 18.6 Å². The molecule has 3 nitrogen and oxygen atoms in total. The lowest BCUT2D eigenvalue weighted by atomic mass is 9.99. The highest BCUT2D eigenvalue weighted by atomic mass is 19.2. The number of benzene rings is 1. The quantitative estimate of drug-likeness (QED) is 0.919. The molecule has 3 rings (SSSR count). The van der Waals surface area contributed by atoms with Crippen LogP contribution in [-0.4, -0.2) is 49.8 Å². The highest BCUT2D eigenvalue weighted by Gasteiger charge is 2.35. The number of fused-ring (bicyclic) bond motifs is 1. The van der Waals surface area contributed by atoms with Crippen molar-refractivity contribution in [3.63, 3.8) is 0 Å². The van der Waals surface area contributed by atoms with Gasteiger partial charge in [0.05, 0.1) is 12.7 Å². The summed E-state index contributed by atoms with van der Waals surface area (Å²) in [6.07, 6.45) is 2.88. The van der Waals surface area contributed by atoms with Crippen LogP contribution >= 0.6 is 0 Å². The molecule has 5 heteroatoms. The number of morpholine rings is 1. The molecular weight excluding hydrogens is 274 g/mol. The van der Waals surface area contributed by atoms with Crippen LogP contribution in [0.2, 0.25) is 0 Å². The number of hydrogen-bond acceptors (Lipinski definition) is 3. The monoisotopic (exact) mass is 296 g/mol. The van der Waals surface area contributed by atoms with Crippen LogP contribution in [0.5, 0.6) is 0 Å². The molecule has 2 heterocycles. The number of ether oxygens (including phenoxy) is 1. The zero-order valence-corrected chi connectivity index (χ0v) is 12.3. The van der Waals surface area contributed by atoms with Crippen molar-refractivity contribution in [1.82, 2.24) is 10.2 Å². The van der Waals surface area contributed by atoms with Gasteiger partial charge in [0.2, 0.25) is 0 Å². The Morgan fingerprint density at radius 2 is 2.29 bits per heavy atom. The average Bonchev–Trinajstić information content (AvgIpc) is 2.96. The van der Waals surface area contributed by atoms with Gasteiger partial charge in [-0.15, -0.1) is 0 Å². The molecule has 3 atom stereocenters. The zero-order valence-electron chi connectivity index (χ0n) is 12.3. The van der Waals surface area contributed by atoms with Gasteiger partial charge in [-0.25, -0.2) is 8.78 Å². The smallest absolute Gasteiger partial charge is 0.162 e. The molecule has 3 unspecified atom stereocenters. The summed E-state index contributed by atoms with van der Waals surface area (Å²) in [7, 11) is 1.85. The van der Waals surface area contributed by atoms with E-state index in [2.05, 4.69) is 10.2 Å². The van der Waals surface area contributed by atoms with Crippen molar-refractivity contribution in [3.8, 4) is 0 Å².